The molecule has 0 spiro atoms. The topological polar surface area (TPSA) is 23.5 Å². The van der Waals surface area contributed by atoms with Crippen LogP contribution in [0.3, 0.4) is 0 Å². The zero-order valence-corrected chi connectivity index (χ0v) is 8.77. The van der Waals surface area contributed by atoms with Gasteiger partial charge in [-0.3, -0.25) is 4.90 Å². The van der Waals surface area contributed by atoms with Gasteiger partial charge in [0.25, 0.3) is 0 Å². The Hall–Kier alpha value is -0.860. The van der Waals surface area contributed by atoms with Crippen molar-refractivity contribution in [3.63, 3.8) is 0 Å². The minimum absolute atomic E-state index is 0.108. The lowest BCUT2D eigenvalue weighted by atomic mass is 10.0. The second-order valence-electron chi connectivity index (χ2n) is 4.19. The number of nitrogens with zero attached hydrogens (tertiary/aromatic N) is 1. The first-order valence-corrected chi connectivity index (χ1v) is 5.15. The summed E-state index contributed by atoms with van der Waals surface area (Å²) in [5.41, 5.74) is 2.63. The minimum Gasteiger partial charge on any atom is -0.390 e. The fraction of sp³-hybridized carbons (Fsp3) is 0.500. The maximum absolute atomic E-state index is 9.22. The van der Waals surface area contributed by atoms with Gasteiger partial charge in [0.1, 0.15) is 0 Å². The highest BCUT2D eigenvalue weighted by Gasteiger charge is 2.28. The van der Waals surface area contributed by atoms with Crippen LogP contribution in [0.4, 0.5) is 0 Å². The zero-order chi connectivity index (χ0) is 10.1. The number of aliphatic hydroxyl groups excluding tert-OH is 1. The quantitative estimate of drug-likeness (QED) is 0.769. The molecule has 1 N–H and O–H groups in total. The standard InChI is InChI=1S/C12H17NO/c1-9-3-5-11(6-4-9)10(2)13-7-12(14)8-13/h3-6,10,12,14H,7-8H2,1-2H3. The molecule has 1 heterocycles. The predicted molar refractivity (Wildman–Crippen MR) is 57.2 cm³/mol. The fourth-order valence-corrected chi connectivity index (χ4v) is 1.86. The van der Waals surface area contributed by atoms with Gasteiger partial charge in [-0.25, -0.2) is 0 Å². The molecule has 1 atom stereocenters. The molecule has 0 saturated carbocycles. The van der Waals surface area contributed by atoms with Crippen molar-refractivity contribution in [2.45, 2.75) is 26.0 Å². The summed E-state index contributed by atoms with van der Waals surface area (Å²) in [5.74, 6) is 0. The van der Waals surface area contributed by atoms with Gasteiger partial charge >= 0.3 is 0 Å². The third kappa shape index (κ3) is 1.81. The molecule has 2 rings (SSSR count). The SMILES string of the molecule is Cc1ccc(C(C)N2CC(O)C2)cc1. The normalized spacial score (nSPS) is 20.5. The molecule has 0 bridgehead atoms. The van der Waals surface area contributed by atoms with E-state index in [4.69, 9.17) is 0 Å². The van der Waals surface area contributed by atoms with Gasteiger partial charge in [0, 0.05) is 19.1 Å². The summed E-state index contributed by atoms with van der Waals surface area (Å²) in [4.78, 5) is 2.29. The van der Waals surface area contributed by atoms with Gasteiger partial charge < -0.3 is 5.11 Å². The van der Waals surface area contributed by atoms with Crippen LogP contribution in [-0.4, -0.2) is 29.2 Å². The van der Waals surface area contributed by atoms with Gasteiger partial charge in [-0.05, 0) is 19.4 Å². The van der Waals surface area contributed by atoms with Gasteiger partial charge in [-0.15, -0.1) is 0 Å². The molecule has 2 heteroatoms. The van der Waals surface area contributed by atoms with Crippen LogP contribution in [0.15, 0.2) is 24.3 Å². The number of hydrogen-bond donors (Lipinski definition) is 1. The van der Waals surface area contributed by atoms with Crippen molar-refractivity contribution in [1.29, 1.82) is 0 Å². The third-order valence-corrected chi connectivity index (χ3v) is 3.00. The van der Waals surface area contributed by atoms with Gasteiger partial charge in [-0.1, -0.05) is 29.8 Å². The van der Waals surface area contributed by atoms with Gasteiger partial charge in [0.05, 0.1) is 6.10 Å². The molecule has 76 valence electrons. The highest BCUT2D eigenvalue weighted by atomic mass is 16.3. The molecule has 1 unspecified atom stereocenters. The van der Waals surface area contributed by atoms with Gasteiger partial charge in [-0.2, -0.15) is 0 Å². The molecule has 1 aliphatic rings. The Kier molecular flexibility index (Phi) is 2.57. The van der Waals surface area contributed by atoms with E-state index in [1.165, 1.54) is 11.1 Å². The first kappa shape index (κ1) is 9.69. The molecule has 0 radical (unpaired) electrons. The smallest absolute Gasteiger partial charge is 0.0794 e. The van der Waals surface area contributed by atoms with Crippen molar-refractivity contribution >= 4 is 0 Å². The predicted octanol–water partition coefficient (Wildman–Crippen LogP) is 1.73. The molecular weight excluding hydrogens is 174 g/mol. The van der Waals surface area contributed by atoms with Crippen LogP contribution in [0.25, 0.3) is 0 Å². The molecule has 14 heavy (non-hydrogen) atoms. The Bertz CT molecular complexity index is 301. The van der Waals surface area contributed by atoms with Crippen molar-refractivity contribution in [1.82, 2.24) is 4.90 Å². The number of aryl methyl sites for hydroxylation is 1. The zero-order valence-electron chi connectivity index (χ0n) is 8.77. The third-order valence-electron chi connectivity index (χ3n) is 3.00. The Labute approximate surface area is 85.2 Å². The van der Waals surface area contributed by atoms with E-state index in [9.17, 15) is 5.11 Å². The molecule has 1 fully saturated rings. The van der Waals surface area contributed by atoms with E-state index < -0.39 is 0 Å². The molecular formula is C12H17NO. The van der Waals surface area contributed by atoms with Gasteiger partial charge in [0.2, 0.25) is 0 Å². The minimum atomic E-state index is -0.108. The van der Waals surface area contributed by atoms with E-state index in [1.54, 1.807) is 0 Å². The molecule has 1 aromatic rings. The second-order valence-corrected chi connectivity index (χ2v) is 4.19. The van der Waals surface area contributed by atoms with Crippen LogP contribution in [0.5, 0.6) is 0 Å². The lowest BCUT2D eigenvalue weighted by molar-refractivity contribution is -0.0211. The maximum Gasteiger partial charge on any atom is 0.0794 e. The van der Waals surface area contributed by atoms with Crippen LogP contribution >= 0.6 is 0 Å². The maximum atomic E-state index is 9.22. The first-order valence-electron chi connectivity index (χ1n) is 5.15. The summed E-state index contributed by atoms with van der Waals surface area (Å²) >= 11 is 0. The molecule has 0 aliphatic carbocycles. The van der Waals surface area contributed by atoms with E-state index in [1.807, 2.05) is 0 Å². The van der Waals surface area contributed by atoms with E-state index in [0.717, 1.165) is 13.1 Å². The highest BCUT2D eigenvalue weighted by Crippen LogP contribution is 2.25. The highest BCUT2D eigenvalue weighted by molar-refractivity contribution is 5.24. The van der Waals surface area contributed by atoms with Crippen molar-refractivity contribution in [2.24, 2.45) is 0 Å². The molecule has 1 aliphatic heterocycles. The monoisotopic (exact) mass is 191 g/mol. The molecule has 0 amide bonds. The number of β-amino-alcohol motifs (C(OH)–C–C–N with tert-alkyl or cyclic N) is 1. The summed E-state index contributed by atoms with van der Waals surface area (Å²) in [6.45, 7) is 5.92. The summed E-state index contributed by atoms with van der Waals surface area (Å²) < 4.78 is 0. The Morgan fingerprint density at radius 1 is 1.29 bits per heavy atom. The molecule has 2 nitrogen and oxygen atoms in total. The molecule has 0 aromatic heterocycles. The first-order chi connectivity index (χ1) is 6.66. The molecule has 1 aromatic carbocycles. The fourth-order valence-electron chi connectivity index (χ4n) is 1.86. The van der Waals surface area contributed by atoms with Crippen molar-refractivity contribution in [3.8, 4) is 0 Å². The van der Waals surface area contributed by atoms with Crippen LogP contribution in [0.1, 0.15) is 24.1 Å². The lowest BCUT2D eigenvalue weighted by Gasteiger charge is -2.40. The Morgan fingerprint density at radius 3 is 2.36 bits per heavy atom. The van der Waals surface area contributed by atoms with Crippen molar-refractivity contribution in [3.05, 3.63) is 35.4 Å². The summed E-state index contributed by atoms with van der Waals surface area (Å²) in [6.07, 6.45) is -0.108. The average Bonchev–Trinajstić information content (AvgIpc) is 2.13. The number of benzene rings is 1. The van der Waals surface area contributed by atoms with E-state index in [-0.39, 0.29) is 6.10 Å². The lowest BCUT2D eigenvalue weighted by Crippen LogP contribution is -2.51. The van der Waals surface area contributed by atoms with E-state index in [2.05, 4.69) is 43.0 Å². The Morgan fingerprint density at radius 2 is 1.86 bits per heavy atom. The van der Waals surface area contributed by atoms with Crippen LogP contribution < -0.4 is 0 Å². The summed E-state index contributed by atoms with van der Waals surface area (Å²) in [5, 5.41) is 9.22. The van der Waals surface area contributed by atoms with Crippen LogP contribution in [0.2, 0.25) is 0 Å². The average molecular weight is 191 g/mol. The Balaban J connectivity index is 2.04. The second kappa shape index (κ2) is 3.71. The number of rotatable bonds is 2. The van der Waals surface area contributed by atoms with Crippen LogP contribution in [-0.2, 0) is 0 Å². The van der Waals surface area contributed by atoms with Crippen LogP contribution in [0, 0.1) is 6.92 Å². The number of aliphatic hydroxyl groups is 1. The van der Waals surface area contributed by atoms with Crippen molar-refractivity contribution < 1.29 is 5.11 Å². The van der Waals surface area contributed by atoms with Gasteiger partial charge in [0.15, 0.2) is 0 Å². The molecule has 1 saturated heterocycles. The van der Waals surface area contributed by atoms with E-state index in [0.29, 0.717) is 6.04 Å². The number of hydrogen-bond acceptors (Lipinski definition) is 2. The summed E-state index contributed by atoms with van der Waals surface area (Å²) in [7, 11) is 0. The van der Waals surface area contributed by atoms with E-state index >= 15 is 0 Å². The largest absolute Gasteiger partial charge is 0.390 e. The van der Waals surface area contributed by atoms with Crippen molar-refractivity contribution in [2.75, 3.05) is 13.1 Å². The number of likely N-dealkylation sites (tertiary alicyclic amines) is 1. The summed E-state index contributed by atoms with van der Waals surface area (Å²) in [6, 6.07) is 9.05.